The lowest BCUT2D eigenvalue weighted by Crippen LogP contribution is -2.14. The molecule has 8 heteroatoms. The molecule has 0 aliphatic rings. The molecule has 21 heavy (non-hydrogen) atoms. The van der Waals surface area contributed by atoms with Gasteiger partial charge in [0.15, 0.2) is 0 Å². The zero-order chi connectivity index (χ0) is 15.6. The maximum absolute atomic E-state index is 14.0. The van der Waals surface area contributed by atoms with E-state index in [0.29, 0.717) is 12.2 Å². The zero-order valence-electron chi connectivity index (χ0n) is 11.5. The van der Waals surface area contributed by atoms with Crippen LogP contribution in [0.5, 0.6) is 0 Å². The minimum Gasteiger partial charge on any atom is -0.319 e. The lowest BCUT2D eigenvalue weighted by Gasteiger charge is -2.06. The lowest BCUT2D eigenvalue weighted by atomic mass is 10.1. The summed E-state index contributed by atoms with van der Waals surface area (Å²) in [4.78, 5) is 22.2. The van der Waals surface area contributed by atoms with Gasteiger partial charge in [0.05, 0.1) is 22.4 Å². The highest BCUT2D eigenvalue weighted by Gasteiger charge is 2.20. The van der Waals surface area contributed by atoms with Crippen LogP contribution in [0.15, 0.2) is 24.5 Å². The molecule has 2 rings (SSSR count). The van der Waals surface area contributed by atoms with Crippen molar-refractivity contribution in [1.82, 2.24) is 9.78 Å². The zero-order valence-corrected chi connectivity index (χ0v) is 11.5. The van der Waals surface area contributed by atoms with Crippen molar-refractivity contribution in [3.63, 3.8) is 0 Å². The first-order valence-corrected chi connectivity index (χ1v) is 6.20. The van der Waals surface area contributed by atoms with Gasteiger partial charge in [-0.1, -0.05) is 0 Å². The number of nitro benzene ring substituents is 1. The van der Waals surface area contributed by atoms with Gasteiger partial charge in [-0.25, -0.2) is 4.39 Å². The summed E-state index contributed by atoms with van der Waals surface area (Å²) >= 11 is 0. The number of halogens is 1. The van der Waals surface area contributed by atoms with Crippen LogP contribution in [0, 0.1) is 22.9 Å². The van der Waals surface area contributed by atoms with E-state index in [-0.39, 0.29) is 16.8 Å². The molecular formula is C13H13FN4O3. The van der Waals surface area contributed by atoms with Gasteiger partial charge in [-0.05, 0) is 19.4 Å². The van der Waals surface area contributed by atoms with E-state index in [2.05, 4.69) is 10.4 Å². The van der Waals surface area contributed by atoms with Gasteiger partial charge in [-0.2, -0.15) is 5.10 Å². The highest BCUT2D eigenvalue weighted by Crippen LogP contribution is 2.22. The number of aryl methyl sites for hydroxylation is 2. The number of nitrogens with one attached hydrogen (secondary N) is 1. The van der Waals surface area contributed by atoms with Gasteiger partial charge < -0.3 is 5.32 Å². The van der Waals surface area contributed by atoms with E-state index in [1.54, 1.807) is 10.9 Å². The Morgan fingerprint density at radius 3 is 2.81 bits per heavy atom. The van der Waals surface area contributed by atoms with Gasteiger partial charge in [0.25, 0.3) is 11.6 Å². The number of anilines is 1. The highest BCUT2D eigenvalue weighted by molar-refractivity contribution is 6.04. The molecule has 0 atom stereocenters. The van der Waals surface area contributed by atoms with Gasteiger partial charge in [-0.15, -0.1) is 0 Å². The summed E-state index contributed by atoms with van der Waals surface area (Å²) in [6.07, 6.45) is 3.00. The Labute approximate surface area is 119 Å². The monoisotopic (exact) mass is 292 g/mol. The molecule has 0 fully saturated rings. The molecule has 0 aliphatic carbocycles. The van der Waals surface area contributed by atoms with Crippen molar-refractivity contribution < 1.29 is 14.1 Å². The number of aromatic nitrogens is 2. The standard InChI is InChI=1S/C13H13FN4O3/c1-3-17-7-9(6-15-17)16-13(19)11-5-10(18(20)21)4-8(2)12(11)14/h4-7H,3H2,1-2H3,(H,16,19). The topological polar surface area (TPSA) is 90.1 Å². The average Bonchev–Trinajstić information content (AvgIpc) is 2.88. The third-order valence-corrected chi connectivity index (χ3v) is 2.91. The molecule has 7 nitrogen and oxygen atoms in total. The van der Waals surface area contributed by atoms with Crippen molar-refractivity contribution in [1.29, 1.82) is 0 Å². The van der Waals surface area contributed by atoms with Gasteiger partial charge in [0, 0.05) is 24.9 Å². The molecule has 1 aromatic carbocycles. The molecule has 1 aromatic heterocycles. The lowest BCUT2D eigenvalue weighted by molar-refractivity contribution is -0.385. The molecule has 0 unspecified atom stereocenters. The molecular weight excluding hydrogens is 279 g/mol. The number of amides is 1. The van der Waals surface area contributed by atoms with Gasteiger partial charge in [0.2, 0.25) is 0 Å². The number of hydrogen-bond donors (Lipinski definition) is 1. The van der Waals surface area contributed by atoms with Crippen LogP contribution in [-0.4, -0.2) is 20.6 Å². The summed E-state index contributed by atoms with van der Waals surface area (Å²) in [7, 11) is 0. The van der Waals surface area contributed by atoms with Crippen LogP contribution in [-0.2, 0) is 6.54 Å². The third-order valence-electron chi connectivity index (χ3n) is 2.91. The molecule has 0 bridgehead atoms. The first-order valence-electron chi connectivity index (χ1n) is 6.20. The van der Waals surface area contributed by atoms with E-state index in [0.717, 1.165) is 12.1 Å². The van der Waals surface area contributed by atoms with Crippen LogP contribution in [0.4, 0.5) is 15.8 Å². The smallest absolute Gasteiger partial charge is 0.270 e. The summed E-state index contributed by atoms with van der Waals surface area (Å²) in [5.74, 6) is -1.53. The summed E-state index contributed by atoms with van der Waals surface area (Å²) in [5.41, 5.74) is -0.265. The van der Waals surface area contributed by atoms with E-state index in [1.165, 1.54) is 13.1 Å². The Morgan fingerprint density at radius 1 is 1.52 bits per heavy atom. The highest BCUT2D eigenvalue weighted by atomic mass is 19.1. The maximum Gasteiger partial charge on any atom is 0.270 e. The van der Waals surface area contributed by atoms with Crippen LogP contribution in [0.25, 0.3) is 0 Å². The Kier molecular flexibility index (Phi) is 3.97. The van der Waals surface area contributed by atoms with E-state index in [1.807, 2.05) is 6.92 Å². The number of carbonyl (C=O) groups is 1. The summed E-state index contributed by atoms with van der Waals surface area (Å²) in [6, 6.07) is 2.00. The van der Waals surface area contributed by atoms with Gasteiger partial charge >= 0.3 is 0 Å². The number of carbonyl (C=O) groups excluding carboxylic acids is 1. The van der Waals surface area contributed by atoms with Crippen LogP contribution >= 0.6 is 0 Å². The van der Waals surface area contributed by atoms with E-state index in [9.17, 15) is 19.3 Å². The molecule has 1 N–H and O–H groups in total. The second-order valence-corrected chi connectivity index (χ2v) is 4.42. The predicted octanol–water partition coefficient (Wildman–Crippen LogP) is 2.51. The van der Waals surface area contributed by atoms with Crippen molar-refractivity contribution in [2.24, 2.45) is 0 Å². The number of hydrogen-bond acceptors (Lipinski definition) is 4. The number of benzene rings is 1. The first-order chi connectivity index (χ1) is 9.92. The van der Waals surface area contributed by atoms with Crippen molar-refractivity contribution in [3.8, 4) is 0 Å². The Hall–Kier alpha value is -2.77. The summed E-state index contributed by atoms with van der Waals surface area (Å²) in [5, 5.41) is 17.2. The molecule has 1 amide bonds. The van der Waals surface area contributed by atoms with Crippen molar-refractivity contribution >= 4 is 17.3 Å². The molecule has 0 saturated carbocycles. The largest absolute Gasteiger partial charge is 0.319 e. The third kappa shape index (κ3) is 3.04. The second kappa shape index (κ2) is 5.70. The average molecular weight is 292 g/mol. The van der Waals surface area contributed by atoms with Gasteiger partial charge in [-0.3, -0.25) is 19.6 Å². The predicted molar refractivity (Wildman–Crippen MR) is 73.6 cm³/mol. The fourth-order valence-electron chi connectivity index (χ4n) is 1.82. The second-order valence-electron chi connectivity index (χ2n) is 4.42. The van der Waals surface area contributed by atoms with E-state index in [4.69, 9.17) is 0 Å². The minimum atomic E-state index is -0.777. The number of non-ortho nitro benzene ring substituents is 1. The summed E-state index contributed by atoms with van der Waals surface area (Å²) < 4.78 is 15.6. The summed E-state index contributed by atoms with van der Waals surface area (Å²) in [6.45, 7) is 3.87. The van der Waals surface area contributed by atoms with Crippen LogP contribution in [0.1, 0.15) is 22.8 Å². The van der Waals surface area contributed by atoms with Crippen LogP contribution in [0.3, 0.4) is 0 Å². The molecule has 1 heterocycles. The quantitative estimate of drug-likeness (QED) is 0.692. The SMILES string of the molecule is CCn1cc(NC(=O)c2cc([N+](=O)[O-])cc(C)c2F)cn1. The molecule has 2 aromatic rings. The number of nitrogens with zero attached hydrogens (tertiary/aromatic N) is 3. The van der Waals surface area contributed by atoms with Crippen molar-refractivity contribution in [2.45, 2.75) is 20.4 Å². The molecule has 110 valence electrons. The van der Waals surface area contributed by atoms with Crippen LogP contribution < -0.4 is 5.32 Å². The van der Waals surface area contributed by atoms with Crippen LogP contribution in [0.2, 0.25) is 0 Å². The number of nitro groups is 1. The molecule has 0 radical (unpaired) electrons. The van der Waals surface area contributed by atoms with Crippen molar-refractivity contribution in [2.75, 3.05) is 5.32 Å². The van der Waals surface area contributed by atoms with E-state index < -0.39 is 16.6 Å². The maximum atomic E-state index is 14.0. The van der Waals surface area contributed by atoms with E-state index >= 15 is 0 Å². The molecule has 0 spiro atoms. The molecule has 0 saturated heterocycles. The Morgan fingerprint density at radius 2 is 2.24 bits per heavy atom. The van der Waals surface area contributed by atoms with Crippen molar-refractivity contribution in [3.05, 3.63) is 51.6 Å². The fourth-order valence-corrected chi connectivity index (χ4v) is 1.82. The fraction of sp³-hybridized carbons (Fsp3) is 0.231. The normalized spacial score (nSPS) is 10.4. The molecule has 0 aliphatic heterocycles. The Bertz CT molecular complexity index is 711. The minimum absolute atomic E-state index is 0.0404. The Balaban J connectivity index is 2.32. The van der Waals surface area contributed by atoms with Gasteiger partial charge in [0.1, 0.15) is 5.82 Å². The number of rotatable bonds is 4. The first kappa shape index (κ1) is 14.6.